The summed E-state index contributed by atoms with van der Waals surface area (Å²) in [7, 11) is -3.92. The molecule has 5 nitrogen and oxygen atoms in total. The number of carbonyl (C=O) groups is 1. The van der Waals surface area contributed by atoms with Gasteiger partial charge in [-0.1, -0.05) is 23.7 Å². The first-order chi connectivity index (χ1) is 12.5. The highest BCUT2D eigenvalue weighted by Gasteiger charge is 2.30. The Kier molecular flexibility index (Phi) is 6.50. The summed E-state index contributed by atoms with van der Waals surface area (Å²) in [6, 6.07) is 8.64. The van der Waals surface area contributed by atoms with Gasteiger partial charge in [-0.15, -0.1) is 0 Å². The van der Waals surface area contributed by atoms with E-state index in [1.807, 2.05) is 0 Å². The number of hydrogen-bond donors (Lipinski definition) is 2. The maximum atomic E-state index is 12.5. The number of benzene rings is 2. The molecule has 2 aromatic carbocycles. The van der Waals surface area contributed by atoms with Gasteiger partial charge in [-0.2, -0.15) is 17.9 Å². The molecule has 0 radical (unpaired) electrons. The van der Waals surface area contributed by atoms with Gasteiger partial charge < -0.3 is 5.32 Å². The topological polar surface area (TPSA) is 75.3 Å². The molecule has 0 bridgehead atoms. The molecule has 0 aliphatic rings. The zero-order valence-electron chi connectivity index (χ0n) is 14.0. The van der Waals surface area contributed by atoms with Crippen LogP contribution < -0.4 is 10.0 Å². The summed E-state index contributed by atoms with van der Waals surface area (Å²) in [5, 5.41) is 2.84. The van der Waals surface area contributed by atoms with Gasteiger partial charge in [0.25, 0.3) is 0 Å². The van der Waals surface area contributed by atoms with E-state index in [0.29, 0.717) is 10.6 Å². The normalized spacial score (nSPS) is 13.2. The first-order valence-electron chi connectivity index (χ1n) is 7.71. The summed E-state index contributed by atoms with van der Waals surface area (Å²) in [5.74, 6) is -0.618. The molecule has 1 amide bonds. The van der Waals surface area contributed by atoms with Gasteiger partial charge in [0, 0.05) is 11.6 Å². The van der Waals surface area contributed by atoms with Crippen molar-refractivity contribution in [2.75, 3.05) is 0 Å². The maximum Gasteiger partial charge on any atom is 0.416 e. The fraction of sp³-hybridized carbons (Fsp3) is 0.235. The van der Waals surface area contributed by atoms with Crippen LogP contribution in [-0.2, 0) is 27.5 Å². The number of sulfonamides is 1. The van der Waals surface area contributed by atoms with Gasteiger partial charge >= 0.3 is 6.18 Å². The van der Waals surface area contributed by atoms with Crippen LogP contribution in [0.5, 0.6) is 0 Å². The van der Waals surface area contributed by atoms with Crippen molar-refractivity contribution in [1.82, 2.24) is 10.0 Å². The zero-order valence-corrected chi connectivity index (χ0v) is 15.6. The predicted molar refractivity (Wildman–Crippen MR) is 94.5 cm³/mol. The predicted octanol–water partition coefficient (Wildman–Crippen LogP) is 3.34. The standard InChI is InChI=1S/C17H16ClF3N2O3S/c1-11(23-27(25,26)15-8-6-14(18)7-9-15)16(24)22-10-12-2-4-13(5-3-12)17(19,20)21/h2-9,11,23H,10H2,1H3,(H,22,24)/t11-/m0/s1. The summed E-state index contributed by atoms with van der Waals surface area (Å²) < 4.78 is 64.2. The third-order valence-electron chi connectivity index (χ3n) is 3.60. The highest BCUT2D eigenvalue weighted by molar-refractivity contribution is 7.89. The second-order valence-corrected chi connectivity index (χ2v) is 7.86. The summed E-state index contributed by atoms with van der Waals surface area (Å²) in [5.41, 5.74) is -0.342. The average molecular weight is 421 g/mol. The smallest absolute Gasteiger partial charge is 0.351 e. The molecule has 1 atom stereocenters. The van der Waals surface area contributed by atoms with Crippen LogP contribution in [0.1, 0.15) is 18.1 Å². The Morgan fingerprint density at radius 2 is 1.63 bits per heavy atom. The van der Waals surface area contributed by atoms with E-state index in [-0.39, 0.29) is 11.4 Å². The monoisotopic (exact) mass is 420 g/mol. The lowest BCUT2D eigenvalue weighted by Crippen LogP contribution is -2.44. The van der Waals surface area contributed by atoms with Gasteiger partial charge in [0.1, 0.15) is 0 Å². The molecular weight excluding hydrogens is 405 g/mol. The van der Waals surface area contributed by atoms with Crippen molar-refractivity contribution in [2.45, 2.75) is 30.6 Å². The van der Waals surface area contributed by atoms with Crippen LogP contribution in [0.15, 0.2) is 53.4 Å². The molecule has 0 fully saturated rings. The van der Waals surface area contributed by atoms with Gasteiger partial charge in [-0.05, 0) is 48.9 Å². The van der Waals surface area contributed by atoms with Crippen molar-refractivity contribution >= 4 is 27.5 Å². The molecule has 0 aliphatic carbocycles. The minimum absolute atomic E-state index is 0.0377. The molecule has 0 unspecified atom stereocenters. The molecule has 2 rings (SSSR count). The Bertz CT molecular complexity index is 899. The van der Waals surface area contributed by atoms with Gasteiger partial charge in [-0.25, -0.2) is 8.42 Å². The molecule has 0 aliphatic heterocycles. The van der Waals surface area contributed by atoms with E-state index in [2.05, 4.69) is 10.0 Å². The molecule has 0 saturated heterocycles. The van der Waals surface area contributed by atoms with Crippen molar-refractivity contribution in [3.05, 3.63) is 64.7 Å². The molecule has 27 heavy (non-hydrogen) atoms. The van der Waals surface area contributed by atoms with Crippen LogP contribution >= 0.6 is 11.6 Å². The molecular formula is C17H16ClF3N2O3S. The van der Waals surface area contributed by atoms with E-state index in [1.54, 1.807) is 0 Å². The van der Waals surface area contributed by atoms with Crippen LogP contribution in [0, 0.1) is 0 Å². The van der Waals surface area contributed by atoms with E-state index in [1.165, 1.54) is 43.3 Å². The van der Waals surface area contributed by atoms with Crippen molar-refractivity contribution in [2.24, 2.45) is 0 Å². The third-order valence-corrected chi connectivity index (χ3v) is 5.41. The second kappa shape index (κ2) is 8.28. The summed E-state index contributed by atoms with van der Waals surface area (Å²) in [4.78, 5) is 12.0. The number of carbonyl (C=O) groups excluding carboxylic acids is 1. The lowest BCUT2D eigenvalue weighted by molar-refractivity contribution is -0.137. The summed E-state index contributed by atoms with van der Waals surface area (Å²) >= 11 is 5.71. The quantitative estimate of drug-likeness (QED) is 0.752. The Morgan fingerprint density at radius 3 is 2.15 bits per heavy atom. The van der Waals surface area contributed by atoms with Gasteiger partial charge in [0.05, 0.1) is 16.5 Å². The number of rotatable bonds is 6. The highest BCUT2D eigenvalue weighted by atomic mass is 35.5. The summed E-state index contributed by atoms with van der Waals surface area (Å²) in [6.45, 7) is 1.32. The first-order valence-corrected chi connectivity index (χ1v) is 9.57. The van der Waals surface area contributed by atoms with Crippen molar-refractivity contribution in [3.8, 4) is 0 Å². The van der Waals surface area contributed by atoms with E-state index in [9.17, 15) is 26.4 Å². The number of halogens is 4. The van der Waals surface area contributed by atoms with Crippen LogP contribution in [-0.4, -0.2) is 20.4 Å². The molecule has 2 aromatic rings. The minimum atomic E-state index is -4.43. The number of hydrogen-bond acceptors (Lipinski definition) is 3. The van der Waals surface area contributed by atoms with Crippen LogP contribution in [0.4, 0.5) is 13.2 Å². The molecule has 0 saturated carbocycles. The Balaban J connectivity index is 1.94. The largest absolute Gasteiger partial charge is 0.416 e. The zero-order chi connectivity index (χ0) is 20.2. The first kappa shape index (κ1) is 21.2. The van der Waals surface area contributed by atoms with Crippen LogP contribution in [0.2, 0.25) is 5.02 Å². The minimum Gasteiger partial charge on any atom is -0.351 e. The van der Waals surface area contributed by atoms with Crippen molar-refractivity contribution in [1.29, 1.82) is 0 Å². The van der Waals surface area contributed by atoms with Crippen LogP contribution in [0.3, 0.4) is 0 Å². The number of alkyl halides is 3. The lowest BCUT2D eigenvalue weighted by atomic mass is 10.1. The number of amides is 1. The highest BCUT2D eigenvalue weighted by Crippen LogP contribution is 2.29. The lowest BCUT2D eigenvalue weighted by Gasteiger charge is -2.15. The SMILES string of the molecule is C[C@H](NS(=O)(=O)c1ccc(Cl)cc1)C(=O)NCc1ccc(C(F)(F)F)cc1. The summed E-state index contributed by atoms with van der Waals surface area (Å²) in [6.07, 6.45) is -4.43. The average Bonchev–Trinajstić information content (AvgIpc) is 2.59. The Morgan fingerprint density at radius 1 is 1.07 bits per heavy atom. The molecule has 0 aromatic heterocycles. The fourth-order valence-corrected chi connectivity index (χ4v) is 3.45. The van der Waals surface area contributed by atoms with E-state index >= 15 is 0 Å². The second-order valence-electron chi connectivity index (χ2n) is 5.71. The molecule has 2 N–H and O–H groups in total. The maximum absolute atomic E-state index is 12.5. The van der Waals surface area contributed by atoms with Crippen LogP contribution in [0.25, 0.3) is 0 Å². The molecule has 0 spiro atoms. The number of nitrogens with one attached hydrogen (secondary N) is 2. The van der Waals surface area contributed by atoms with Gasteiger partial charge in [-0.3, -0.25) is 4.79 Å². The molecule has 10 heteroatoms. The Hall–Kier alpha value is -2.10. The van der Waals surface area contributed by atoms with Gasteiger partial charge in [0.2, 0.25) is 15.9 Å². The molecule has 146 valence electrons. The fourth-order valence-electron chi connectivity index (χ4n) is 2.12. The van der Waals surface area contributed by atoms with E-state index in [4.69, 9.17) is 11.6 Å². The van der Waals surface area contributed by atoms with Gasteiger partial charge in [0.15, 0.2) is 0 Å². The third kappa shape index (κ3) is 5.95. The van der Waals surface area contributed by atoms with E-state index < -0.39 is 33.7 Å². The van der Waals surface area contributed by atoms with E-state index in [0.717, 1.165) is 12.1 Å². The molecule has 0 heterocycles. The Labute approximate surface area is 159 Å². The van der Waals surface area contributed by atoms with Crippen molar-refractivity contribution in [3.63, 3.8) is 0 Å². The van der Waals surface area contributed by atoms with Crippen molar-refractivity contribution < 1.29 is 26.4 Å².